The Morgan fingerprint density at radius 2 is 0.878 bits per heavy atom. The van der Waals surface area contributed by atoms with Gasteiger partial charge in [0.15, 0.2) is 5.82 Å². The monoisotopic (exact) mass is 628 g/mol. The summed E-state index contributed by atoms with van der Waals surface area (Å²) in [5.41, 5.74) is 13.0. The number of aromatic nitrogens is 2. The molecule has 232 valence electrons. The Bertz CT molecular complexity index is 2330. The zero-order chi connectivity index (χ0) is 32.6. The second-order valence-electron chi connectivity index (χ2n) is 12.5. The van der Waals surface area contributed by atoms with Crippen LogP contribution in [0, 0.1) is 0 Å². The van der Waals surface area contributed by atoms with Crippen LogP contribution in [-0.4, -0.2) is 16.1 Å². The van der Waals surface area contributed by atoms with Crippen molar-refractivity contribution < 1.29 is 4.74 Å². The SMILES string of the molecule is C1=CC2Oc3ccc(-c4ccc(-c5ccc(-c6nc(-c7ccccc7)nc(-c7ccccc7)c6-c6ccccc6)cc5)cc4)cc3C2C=C1. The molecule has 0 spiro atoms. The van der Waals surface area contributed by atoms with Crippen molar-refractivity contribution in [1.29, 1.82) is 0 Å². The van der Waals surface area contributed by atoms with E-state index in [1.807, 2.05) is 30.3 Å². The molecule has 0 saturated heterocycles. The van der Waals surface area contributed by atoms with Gasteiger partial charge in [-0.25, -0.2) is 9.97 Å². The predicted octanol–water partition coefficient (Wildman–Crippen LogP) is 11.4. The summed E-state index contributed by atoms with van der Waals surface area (Å²) in [6.45, 7) is 0. The molecule has 2 aliphatic rings. The van der Waals surface area contributed by atoms with Crippen molar-refractivity contribution in [2.24, 2.45) is 0 Å². The lowest BCUT2D eigenvalue weighted by Gasteiger charge is -2.17. The van der Waals surface area contributed by atoms with Gasteiger partial charge in [0.05, 0.1) is 11.4 Å². The number of hydrogen-bond donors (Lipinski definition) is 0. The molecule has 2 unspecified atom stereocenters. The topological polar surface area (TPSA) is 35.0 Å². The van der Waals surface area contributed by atoms with E-state index in [9.17, 15) is 0 Å². The van der Waals surface area contributed by atoms with E-state index in [4.69, 9.17) is 14.7 Å². The lowest BCUT2D eigenvalue weighted by Crippen LogP contribution is -2.15. The van der Waals surface area contributed by atoms with Crippen LogP contribution >= 0.6 is 0 Å². The highest BCUT2D eigenvalue weighted by Gasteiger charge is 2.32. The second kappa shape index (κ2) is 12.4. The fourth-order valence-corrected chi connectivity index (χ4v) is 6.97. The molecule has 2 atom stereocenters. The molecule has 1 aliphatic carbocycles. The highest BCUT2D eigenvalue weighted by atomic mass is 16.5. The summed E-state index contributed by atoms with van der Waals surface area (Å²) in [7, 11) is 0. The Hall–Kier alpha value is -6.32. The molecule has 3 heteroatoms. The van der Waals surface area contributed by atoms with Crippen LogP contribution in [0.4, 0.5) is 0 Å². The zero-order valence-corrected chi connectivity index (χ0v) is 26.8. The molecule has 3 nitrogen and oxygen atoms in total. The Kier molecular flexibility index (Phi) is 7.29. The first-order valence-corrected chi connectivity index (χ1v) is 16.7. The van der Waals surface area contributed by atoms with E-state index in [-0.39, 0.29) is 12.0 Å². The summed E-state index contributed by atoms with van der Waals surface area (Å²) >= 11 is 0. The van der Waals surface area contributed by atoms with Gasteiger partial charge in [-0.3, -0.25) is 0 Å². The summed E-state index contributed by atoms with van der Waals surface area (Å²) in [4.78, 5) is 10.4. The number of rotatable bonds is 6. The third kappa shape index (κ3) is 5.46. The van der Waals surface area contributed by atoms with Crippen molar-refractivity contribution in [1.82, 2.24) is 9.97 Å². The molecule has 0 N–H and O–H groups in total. The molecule has 0 radical (unpaired) electrons. The second-order valence-corrected chi connectivity index (χ2v) is 12.5. The highest BCUT2D eigenvalue weighted by molar-refractivity contribution is 5.92. The maximum Gasteiger partial charge on any atom is 0.160 e. The van der Waals surface area contributed by atoms with E-state index in [0.29, 0.717) is 5.82 Å². The standard InChI is InChI=1S/C46H32N2O/c1-4-12-34(13-5-1)43-44(35-14-6-2-7-15-35)47-46(37-16-8-3-9-17-37)48-45(43)36-26-24-32(25-27-36)31-20-22-33(23-21-31)38-28-29-42-40(30-38)39-18-10-11-19-41(39)49-42/h1-30,39,41H. The third-order valence-corrected chi connectivity index (χ3v) is 9.48. The Morgan fingerprint density at radius 3 is 1.49 bits per heavy atom. The number of benzene rings is 6. The van der Waals surface area contributed by atoms with Crippen LogP contribution in [0.15, 0.2) is 182 Å². The van der Waals surface area contributed by atoms with Gasteiger partial charge in [-0.15, -0.1) is 0 Å². The lowest BCUT2D eigenvalue weighted by atomic mass is 9.90. The predicted molar refractivity (Wildman–Crippen MR) is 200 cm³/mol. The first kappa shape index (κ1) is 28.9. The van der Waals surface area contributed by atoms with Gasteiger partial charge in [0.1, 0.15) is 11.9 Å². The molecule has 1 aromatic heterocycles. The van der Waals surface area contributed by atoms with Crippen LogP contribution in [0.25, 0.3) is 67.3 Å². The number of fused-ring (bicyclic) bond motifs is 3. The van der Waals surface area contributed by atoms with E-state index in [1.165, 1.54) is 22.3 Å². The number of allylic oxidation sites excluding steroid dienone is 2. The van der Waals surface area contributed by atoms with Gasteiger partial charge < -0.3 is 4.74 Å². The van der Waals surface area contributed by atoms with Crippen LogP contribution < -0.4 is 4.74 Å². The molecule has 0 amide bonds. The molecule has 49 heavy (non-hydrogen) atoms. The van der Waals surface area contributed by atoms with Gasteiger partial charge >= 0.3 is 0 Å². The summed E-state index contributed by atoms with van der Waals surface area (Å²) in [5.74, 6) is 1.97. The molecular formula is C46H32N2O. The van der Waals surface area contributed by atoms with E-state index in [0.717, 1.165) is 50.5 Å². The number of ether oxygens (including phenoxy) is 1. The van der Waals surface area contributed by atoms with Gasteiger partial charge in [-0.1, -0.05) is 164 Å². The van der Waals surface area contributed by atoms with Gasteiger partial charge in [0, 0.05) is 33.7 Å². The molecular weight excluding hydrogens is 597 g/mol. The van der Waals surface area contributed by atoms with Crippen LogP contribution in [0.2, 0.25) is 0 Å². The van der Waals surface area contributed by atoms with Crippen molar-refractivity contribution in [3.8, 4) is 73.0 Å². The fraction of sp³-hybridized carbons (Fsp3) is 0.0435. The lowest BCUT2D eigenvalue weighted by molar-refractivity contribution is 0.269. The first-order chi connectivity index (χ1) is 24.3. The summed E-state index contributed by atoms with van der Waals surface area (Å²) in [6, 6.07) is 55.3. The van der Waals surface area contributed by atoms with Crippen molar-refractivity contribution in [2.45, 2.75) is 12.0 Å². The van der Waals surface area contributed by atoms with Crippen molar-refractivity contribution in [2.75, 3.05) is 0 Å². The van der Waals surface area contributed by atoms with E-state index in [2.05, 4.69) is 152 Å². The smallest absolute Gasteiger partial charge is 0.160 e. The maximum absolute atomic E-state index is 6.16. The normalized spacial score (nSPS) is 15.8. The van der Waals surface area contributed by atoms with Gasteiger partial charge in [-0.05, 0) is 46.0 Å². The van der Waals surface area contributed by atoms with Crippen LogP contribution in [0.5, 0.6) is 5.75 Å². The van der Waals surface area contributed by atoms with Crippen LogP contribution in [-0.2, 0) is 0 Å². The maximum atomic E-state index is 6.16. The third-order valence-electron chi connectivity index (χ3n) is 9.48. The van der Waals surface area contributed by atoms with E-state index >= 15 is 0 Å². The van der Waals surface area contributed by atoms with Gasteiger partial charge in [-0.2, -0.15) is 0 Å². The average Bonchev–Trinajstić information content (AvgIpc) is 3.57. The molecule has 1 aliphatic heterocycles. The van der Waals surface area contributed by atoms with E-state index < -0.39 is 0 Å². The Labute approximate surface area is 286 Å². The molecule has 2 heterocycles. The van der Waals surface area contributed by atoms with Crippen molar-refractivity contribution in [3.63, 3.8) is 0 Å². The summed E-state index contributed by atoms with van der Waals surface area (Å²) < 4.78 is 6.16. The Morgan fingerprint density at radius 1 is 0.408 bits per heavy atom. The fourth-order valence-electron chi connectivity index (χ4n) is 6.97. The minimum absolute atomic E-state index is 0.0987. The summed E-state index contributed by atoms with van der Waals surface area (Å²) in [6.07, 6.45) is 8.66. The van der Waals surface area contributed by atoms with Gasteiger partial charge in [0.2, 0.25) is 0 Å². The molecule has 9 rings (SSSR count). The zero-order valence-electron chi connectivity index (χ0n) is 26.8. The minimum atomic E-state index is 0.0987. The van der Waals surface area contributed by atoms with E-state index in [1.54, 1.807) is 0 Å². The Balaban J connectivity index is 1.09. The van der Waals surface area contributed by atoms with Crippen molar-refractivity contribution in [3.05, 3.63) is 188 Å². The minimum Gasteiger partial charge on any atom is -0.485 e. The molecule has 0 saturated carbocycles. The van der Waals surface area contributed by atoms with Crippen LogP contribution in [0.1, 0.15) is 11.5 Å². The molecule has 0 fully saturated rings. The number of hydrogen-bond acceptors (Lipinski definition) is 3. The molecule has 0 bridgehead atoms. The van der Waals surface area contributed by atoms with Crippen molar-refractivity contribution >= 4 is 0 Å². The average molecular weight is 629 g/mol. The molecule has 6 aromatic carbocycles. The largest absolute Gasteiger partial charge is 0.485 e. The highest BCUT2D eigenvalue weighted by Crippen LogP contribution is 2.43. The summed E-state index contributed by atoms with van der Waals surface area (Å²) in [5, 5.41) is 0. The van der Waals surface area contributed by atoms with Gasteiger partial charge in [0.25, 0.3) is 0 Å². The van der Waals surface area contributed by atoms with Crippen LogP contribution in [0.3, 0.4) is 0 Å². The number of nitrogens with zero attached hydrogens (tertiary/aromatic N) is 2. The first-order valence-electron chi connectivity index (χ1n) is 16.7. The quantitative estimate of drug-likeness (QED) is 0.184. The molecule has 7 aromatic rings.